The van der Waals surface area contributed by atoms with Crippen LogP contribution in [0, 0.1) is 0 Å². The zero-order valence-electron chi connectivity index (χ0n) is 9.17. The van der Waals surface area contributed by atoms with Crippen molar-refractivity contribution in [2.24, 2.45) is 0 Å². The van der Waals surface area contributed by atoms with Gasteiger partial charge in [0.05, 0.1) is 19.3 Å². The lowest BCUT2D eigenvalue weighted by molar-refractivity contribution is -0.127. The molecule has 0 aromatic carbocycles. The molecule has 1 amide bonds. The molecule has 1 fully saturated rings. The molecule has 4 nitrogen and oxygen atoms in total. The van der Waals surface area contributed by atoms with Gasteiger partial charge in [0.25, 0.3) is 0 Å². The van der Waals surface area contributed by atoms with Crippen molar-refractivity contribution < 1.29 is 9.53 Å². The van der Waals surface area contributed by atoms with Gasteiger partial charge >= 0.3 is 0 Å². The van der Waals surface area contributed by atoms with Crippen molar-refractivity contribution in [1.29, 1.82) is 0 Å². The van der Waals surface area contributed by atoms with Crippen molar-refractivity contribution >= 4 is 17.5 Å². The van der Waals surface area contributed by atoms with Crippen LogP contribution < -0.4 is 5.32 Å². The van der Waals surface area contributed by atoms with Gasteiger partial charge in [-0.2, -0.15) is 0 Å². The first-order valence-corrected chi connectivity index (χ1v) is 5.94. The summed E-state index contributed by atoms with van der Waals surface area (Å²) in [7, 11) is 0. The largest absolute Gasteiger partial charge is 0.379 e. The van der Waals surface area contributed by atoms with Crippen LogP contribution in [-0.2, 0) is 9.53 Å². The third kappa shape index (κ3) is 4.36. The number of ether oxygens (including phenoxy) is 1. The van der Waals surface area contributed by atoms with Crippen LogP contribution in [0.25, 0.3) is 0 Å². The molecule has 1 rings (SSSR count). The number of nitrogens with zero attached hydrogens (tertiary/aromatic N) is 1. The Balaban J connectivity index is 2.24. The van der Waals surface area contributed by atoms with Crippen LogP contribution in [0.5, 0.6) is 0 Å². The van der Waals surface area contributed by atoms with Gasteiger partial charge in [0, 0.05) is 25.5 Å². The highest BCUT2D eigenvalue weighted by atomic mass is 35.5. The average molecular weight is 235 g/mol. The maximum Gasteiger partial charge on any atom is 0.237 e. The lowest BCUT2D eigenvalue weighted by Crippen LogP contribution is -2.49. The Bertz CT molecular complexity index is 196. The van der Waals surface area contributed by atoms with E-state index in [2.05, 4.69) is 10.2 Å². The summed E-state index contributed by atoms with van der Waals surface area (Å²) in [5.74, 6) is 0.675. The van der Waals surface area contributed by atoms with E-state index >= 15 is 0 Å². The molecular formula is C10H19ClN2O2. The van der Waals surface area contributed by atoms with Crippen LogP contribution in [0.4, 0.5) is 0 Å². The summed E-state index contributed by atoms with van der Waals surface area (Å²) in [5, 5.41) is 2.87. The summed E-state index contributed by atoms with van der Waals surface area (Å²) < 4.78 is 5.24. The van der Waals surface area contributed by atoms with Gasteiger partial charge in [-0.1, -0.05) is 0 Å². The zero-order valence-corrected chi connectivity index (χ0v) is 9.92. The Hall–Kier alpha value is -0.320. The second-order valence-corrected chi connectivity index (χ2v) is 4.04. The molecule has 0 saturated carbocycles. The van der Waals surface area contributed by atoms with Gasteiger partial charge in [0.1, 0.15) is 0 Å². The van der Waals surface area contributed by atoms with Crippen molar-refractivity contribution in [1.82, 2.24) is 10.2 Å². The summed E-state index contributed by atoms with van der Waals surface area (Å²) in [6.45, 7) is 5.71. The number of hydrogen-bond acceptors (Lipinski definition) is 3. The first-order valence-electron chi connectivity index (χ1n) is 5.41. The van der Waals surface area contributed by atoms with Gasteiger partial charge in [0.15, 0.2) is 0 Å². The van der Waals surface area contributed by atoms with Gasteiger partial charge in [-0.25, -0.2) is 0 Å². The monoisotopic (exact) mass is 234 g/mol. The Labute approximate surface area is 95.9 Å². The first-order chi connectivity index (χ1) is 7.25. The SMILES string of the molecule is C[C@H](C(=O)NCCCCl)N1CCOCC1. The minimum atomic E-state index is -0.0655. The van der Waals surface area contributed by atoms with Gasteiger partial charge in [-0.05, 0) is 13.3 Å². The Kier molecular flexibility index (Phi) is 5.98. The molecular weight excluding hydrogens is 216 g/mol. The Morgan fingerprint density at radius 3 is 2.80 bits per heavy atom. The number of hydrogen-bond donors (Lipinski definition) is 1. The molecule has 1 heterocycles. The highest BCUT2D eigenvalue weighted by molar-refractivity contribution is 6.17. The lowest BCUT2D eigenvalue weighted by Gasteiger charge is -2.31. The van der Waals surface area contributed by atoms with E-state index in [1.54, 1.807) is 0 Å². The van der Waals surface area contributed by atoms with Crippen LogP contribution in [0.3, 0.4) is 0 Å². The second-order valence-electron chi connectivity index (χ2n) is 3.66. The molecule has 5 heteroatoms. The summed E-state index contributed by atoms with van der Waals surface area (Å²) in [6.07, 6.45) is 0.823. The second kappa shape index (κ2) is 7.04. The number of carbonyl (C=O) groups excluding carboxylic acids is 1. The molecule has 1 aliphatic rings. The lowest BCUT2D eigenvalue weighted by atomic mass is 10.2. The fraction of sp³-hybridized carbons (Fsp3) is 0.900. The van der Waals surface area contributed by atoms with Gasteiger partial charge in [0.2, 0.25) is 5.91 Å². The van der Waals surface area contributed by atoms with E-state index < -0.39 is 0 Å². The summed E-state index contributed by atoms with van der Waals surface area (Å²) in [5.41, 5.74) is 0. The number of nitrogens with one attached hydrogen (secondary N) is 1. The molecule has 0 spiro atoms. The third-order valence-electron chi connectivity index (χ3n) is 2.58. The van der Waals surface area contributed by atoms with Crippen molar-refractivity contribution in [3.63, 3.8) is 0 Å². The molecule has 1 N–H and O–H groups in total. The minimum absolute atomic E-state index is 0.0655. The normalized spacial score (nSPS) is 19.9. The van der Waals surface area contributed by atoms with Gasteiger partial charge in [-0.3, -0.25) is 9.69 Å². The maximum absolute atomic E-state index is 11.7. The Morgan fingerprint density at radius 2 is 2.20 bits per heavy atom. The standard InChI is InChI=1S/C10H19ClN2O2/c1-9(10(14)12-4-2-3-11)13-5-7-15-8-6-13/h9H,2-8H2,1H3,(H,12,14)/t9-/m1/s1. The smallest absolute Gasteiger partial charge is 0.237 e. The number of rotatable bonds is 5. The third-order valence-corrected chi connectivity index (χ3v) is 2.85. The quantitative estimate of drug-likeness (QED) is 0.555. The molecule has 0 radical (unpaired) electrons. The predicted molar refractivity (Wildman–Crippen MR) is 60.2 cm³/mol. The van der Waals surface area contributed by atoms with E-state index in [0.29, 0.717) is 12.4 Å². The molecule has 0 aliphatic carbocycles. The summed E-state index contributed by atoms with van der Waals surface area (Å²) in [6, 6.07) is -0.0655. The van der Waals surface area contributed by atoms with Crippen LogP contribution in [0.15, 0.2) is 0 Å². The molecule has 0 unspecified atom stereocenters. The van der Waals surface area contributed by atoms with Crippen LogP contribution in [0.1, 0.15) is 13.3 Å². The summed E-state index contributed by atoms with van der Waals surface area (Å²) >= 11 is 5.54. The maximum atomic E-state index is 11.7. The number of alkyl halides is 1. The van der Waals surface area contributed by atoms with Crippen molar-refractivity contribution in [2.75, 3.05) is 38.7 Å². The van der Waals surface area contributed by atoms with E-state index in [1.165, 1.54) is 0 Å². The van der Waals surface area contributed by atoms with Crippen LogP contribution >= 0.6 is 11.6 Å². The molecule has 88 valence electrons. The van der Waals surface area contributed by atoms with Crippen molar-refractivity contribution in [3.05, 3.63) is 0 Å². The van der Waals surface area contributed by atoms with E-state index in [0.717, 1.165) is 32.7 Å². The number of halogens is 1. The number of amides is 1. The van der Waals surface area contributed by atoms with Gasteiger partial charge in [-0.15, -0.1) is 11.6 Å². The van der Waals surface area contributed by atoms with Crippen molar-refractivity contribution in [3.8, 4) is 0 Å². The minimum Gasteiger partial charge on any atom is -0.379 e. The van der Waals surface area contributed by atoms with E-state index in [-0.39, 0.29) is 11.9 Å². The molecule has 0 aromatic rings. The molecule has 15 heavy (non-hydrogen) atoms. The molecule has 0 bridgehead atoms. The van der Waals surface area contributed by atoms with Crippen molar-refractivity contribution in [2.45, 2.75) is 19.4 Å². The van der Waals surface area contributed by atoms with E-state index in [1.807, 2.05) is 6.92 Å². The topological polar surface area (TPSA) is 41.6 Å². The highest BCUT2D eigenvalue weighted by Gasteiger charge is 2.22. The van der Waals surface area contributed by atoms with E-state index in [9.17, 15) is 4.79 Å². The number of morpholine rings is 1. The highest BCUT2D eigenvalue weighted by Crippen LogP contribution is 2.03. The molecule has 0 aromatic heterocycles. The first kappa shape index (κ1) is 12.7. The number of carbonyl (C=O) groups is 1. The molecule has 1 aliphatic heterocycles. The van der Waals surface area contributed by atoms with Crippen LogP contribution in [0.2, 0.25) is 0 Å². The zero-order chi connectivity index (χ0) is 11.1. The predicted octanol–water partition coefficient (Wildman–Crippen LogP) is 0.452. The Morgan fingerprint density at radius 1 is 1.53 bits per heavy atom. The van der Waals surface area contributed by atoms with E-state index in [4.69, 9.17) is 16.3 Å². The molecule has 1 saturated heterocycles. The van der Waals surface area contributed by atoms with Crippen LogP contribution in [-0.4, -0.2) is 55.6 Å². The fourth-order valence-corrected chi connectivity index (χ4v) is 1.69. The molecule has 1 atom stereocenters. The fourth-order valence-electron chi connectivity index (χ4n) is 1.56. The van der Waals surface area contributed by atoms with Gasteiger partial charge < -0.3 is 10.1 Å². The average Bonchev–Trinajstić information content (AvgIpc) is 2.29. The summed E-state index contributed by atoms with van der Waals surface area (Å²) in [4.78, 5) is 13.8.